The van der Waals surface area contributed by atoms with E-state index in [4.69, 9.17) is 20.8 Å². The number of amides is 3. The summed E-state index contributed by atoms with van der Waals surface area (Å²) in [6.07, 6.45) is 1.47. The molecule has 3 amide bonds. The van der Waals surface area contributed by atoms with E-state index in [1.54, 1.807) is 46.2 Å². The number of urea groups is 1. The molecule has 0 atom stereocenters. The van der Waals surface area contributed by atoms with Crippen molar-refractivity contribution in [1.29, 1.82) is 0 Å². The molecule has 0 saturated carbocycles. The van der Waals surface area contributed by atoms with E-state index in [-0.39, 0.29) is 18.7 Å². The molecule has 1 aromatic carbocycles. The molecule has 1 aliphatic rings. The number of furan rings is 1. The van der Waals surface area contributed by atoms with Crippen molar-refractivity contribution in [3.05, 3.63) is 53.4 Å². The van der Waals surface area contributed by atoms with Gasteiger partial charge in [-0.2, -0.15) is 0 Å². The van der Waals surface area contributed by atoms with E-state index >= 15 is 0 Å². The number of carbonyl (C=O) groups is 2. The van der Waals surface area contributed by atoms with Gasteiger partial charge in [-0.05, 0) is 36.4 Å². The monoisotopic (exact) mass is 363 g/mol. The molecule has 8 heteroatoms. The van der Waals surface area contributed by atoms with E-state index in [0.717, 1.165) is 0 Å². The van der Waals surface area contributed by atoms with Crippen molar-refractivity contribution < 1.29 is 18.7 Å². The molecule has 1 fully saturated rings. The Morgan fingerprint density at radius 3 is 2.40 bits per heavy atom. The standard InChI is InChI=1S/C17H18ClN3O4/c18-13-3-5-14(6-4-13)25-12-19-17(23)21-9-7-20(8-10-21)16(22)15-2-1-11-24-15/h1-6,11H,7-10,12H2,(H,19,23). The third-order valence-electron chi connectivity index (χ3n) is 3.86. The molecule has 1 aliphatic heterocycles. The molecule has 25 heavy (non-hydrogen) atoms. The Morgan fingerprint density at radius 1 is 1.08 bits per heavy atom. The lowest BCUT2D eigenvalue weighted by atomic mass is 10.3. The van der Waals surface area contributed by atoms with Gasteiger partial charge in [0.05, 0.1) is 6.26 Å². The highest BCUT2D eigenvalue weighted by Gasteiger charge is 2.25. The van der Waals surface area contributed by atoms with Crippen LogP contribution in [-0.2, 0) is 0 Å². The minimum absolute atomic E-state index is 0.0615. The average molecular weight is 364 g/mol. The van der Waals surface area contributed by atoms with Gasteiger partial charge in [-0.3, -0.25) is 4.79 Å². The molecule has 1 N–H and O–H groups in total. The lowest BCUT2D eigenvalue weighted by Crippen LogP contribution is -2.53. The normalized spacial score (nSPS) is 14.3. The summed E-state index contributed by atoms with van der Waals surface area (Å²) < 4.78 is 10.6. The van der Waals surface area contributed by atoms with Crippen LogP contribution < -0.4 is 10.1 Å². The summed E-state index contributed by atoms with van der Waals surface area (Å²) >= 11 is 5.80. The number of nitrogens with one attached hydrogen (secondary N) is 1. The van der Waals surface area contributed by atoms with Gasteiger partial charge in [0.1, 0.15) is 5.75 Å². The number of piperazine rings is 1. The molecule has 0 aliphatic carbocycles. The first-order valence-electron chi connectivity index (χ1n) is 7.87. The molecule has 2 aromatic rings. The molecule has 2 heterocycles. The third kappa shape index (κ3) is 4.45. The maximum absolute atomic E-state index is 12.2. The summed E-state index contributed by atoms with van der Waals surface area (Å²) in [5, 5.41) is 3.32. The van der Waals surface area contributed by atoms with Crippen LogP contribution in [0.1, 0.15) is 10.6 Å². The molecule has 1 saturated heterocycles. The Labute approximate surface area is 150 Å². The quantitative estimate of drug-likeness (QED) is 0.846. The van der Waals surface area contributed by atoms with Gasteiger partial charge in [0.25, 0.3) is 5.91 Å². The van der Waals surface area contributed by atoms with Crippen molar-refractivity contribution in [2.24, 2.45) is 0 Å². The van der Waals surface area contributed by atoms with Crippen molar-refractivity contribution in [2.45, 2.75) is 0 Å². The molecule has 7 nitrogen and oxygen atoms in total. The van der Waals surface area contributed by atoms with Gasteiger partial charge in [0.15, 0.2) is 12.5 Å². The van der Waals surface area contributed by atoms with Crippen LogP contribution >= 0.6 is 11.6 Å². The van der Waals surface area contributed by atoms with Crippen LogP contribution in [0.15, 0.2) is 47.1 Å². The van der Waals surface area contributed by atoms with Gasteiger partial charge in [0.2, 0.25) is 0 Å². The first-order chi connectivity index (χ1) is 12.1. The third-order valence-corrected chi connectivity index (χ3v) is 4.11. The number of hydrogen-bond donors (Lipinski definition) is 1. The van der Waals surface area contributed by atoms with E-state index in [1.165, 1.54) is 6.26 Å². The first kappa shape index (κ1) is 17.2. The van der Waals surface area contributed by atoms with E-state index in [0.29, 0.717) is 42.7 Å². The average Bonchev–Trinajstić information content (AvgIpc) is 3.17. The molecule has 1 aromatic heterocycles. The molecule has 3 rings (SSSR count). The summed E-state index contributed by atoms with van der Waals surface area (Å²) in [7, 11) is 0. The van der Waals surface area contributed by atoms with Crippen LogP contribution in [0, 0.1) is 0 Å². The summed E-state index contributed by atoms with van der Waals surface area (Å²) in [5.41, 5.74) is 0. The number of hydrogen-bond acceptors (Lipinski definition) is 4. The smallest absolute Gasteiger partial charge is 0.320 e. The van der Waals surface area contributed by atoms with E-state index < -0.39 is 0 Å². The fraction of sp³-hybridized carbons (Fsp3) is 0.294. The Morgan fingerprint density at radius 2 is 1.76 bits per heavy atom. The zero-order valence-electron chi connectivity index (χ0n) is 13.5. The SMILES string of the molecule is O=C(NCOc1ccc(Cl)cc1)N1CCN(C(=O)c2ccco2)CC1. The predicted molar refractivity (Wildman–Crippen MR) is 91.7 cm³/mol. The molecular weight excluding hydrogens is 346 g/mol. The highest BCUT2D eigenvalue weighted by Crippen LogP contribution is 2.15. The van der Waals surface area contributed by atoms with E-state index in [2.05, 4.69) is 5.32 Å². The first-order valence-corrected chi connectivity index (χ1v) is 8.25. The Kier molecular flexibility index (Phi) is 5.45. The van der Waals surface area contributed by atoms with E-state index in [9.17, 15) is 9.59 Å². The van der Waals surface area contributed by atoms with Crippen LogP contribution in [0.5, 0.6) is 5.75 Å². The number of ether oxygens (including phenoxy) is 1. The zero-order chi connectivity index (χ0) is 17.6. The molecule has 0 bridgehead atoms. The molecule has 0 radical (unpaired) electrons. The van der Waals surface area contributed by atoms with Crippen molar-refractivity contribution in [2.75, 3.05) is 32.9 Å². The molecular formula is C17H18ClN3O4. The van der Waals surface area contributed by atoms with Crippen LogP contribution in [0.3, 0.4) is 0 Å². The summed E-state index contributed by atoms with van der Waals surface area (Å²) in [5.74, 6) is 0.781. The largest absolute Gasteiger partial charge is 0.473 e. The predicted octanol–water partition coefficient (Wildman–Crippen LogP) is 2.44. The minimum Gasteiger partial charge on any atom is -0.473 e. The number of rotatable bonds is 4. The fourth-order valence-electron chi connectivity index (χ4n) is 2.49. The number of carbonyl (C=O) groups excluding carboxylic acids is 2. The van der Waals surface area contributed by atoms with Crippen LogP contribution in [0.25, 0.3) is 0 Å². The second kappa shape index (κ2) is 7.94. The molecule has 0 unspecified atom stereocenters. The lowest BCUT2D eigenvalue weighted by molar-refractivity contribution is 0.0631. The van der Waals surface area contributed by atoms with Gasteiger partial charge in [-0.1, -0.05) is 11.6 Å². The topological polar surface area (TPSA) is 75.0 Å². The van der Waals surface area contributed by atoms with Gasteiger partial charge in [-0.25, -0.2) is 4.79 Å². The Bertz CT molecular complexity index is 710. The number of nitrogens with zero attached hydrogens (tertiary/aromatic N) is 2. The maximum atomic E-state index is 12.2. The van der Waals surface area contributed by atoms with Gasteiger partial charge in [-0.15, -0.1) is 0 Å². The minimum atomic E-state index is -0.223. The second-order valence-electron chi connectivity index (χ2n) is 5.48. The summed E-state index contributed by atoms with van der Waals surface area (Å²) in [6, 6.07) is 9.98. The number of benzene rings is 1. The van der Waals surface area contributed by atoms with Crippen LogP contribution in [0.2, 0.25) is 5.02 Å². The van der Waals surface area contributed by atoms with Crippen molar-refractivity contribution in [3.63, 3.8) is 0 Å². The Balaban J connectivity index is 1.41. The number of halogens is 1. The highest BCUT2D eigenvalue weighted by atomic mass is 35.5. The van der Waals surface area contributed by atoms with E-state index in [1.807, 2.05) is 0 Å². The maximum Gasteiger partial charge on any atom is 0.320 e. The molecule has 0 spiro atoms. The van der Waals surface area contributed by atoms with Crippen LogP contribution in [-0.4, -0.2) is 54.6 Å². The van der Waals surface area contributed by atoms with Gasteiger partial charge < -0.3 is 24.3 Å². The van der Waals surface area contributed by atoms with Crippen LogP contribution in [0.4, 0.5) is 4.79 Å². The fourth-order valence-corrected chi connectivity index (χ4v) is 2.62. The summed E-state index contributed by atoms with van der Waals surface area (Å²) in [6.45, 7) is 1.90. The molecule has 132 valence electrons. The lowest BCUT2D eigenvalue weighted by Gasteiger charge is -2.34. The van der Waals surface area contributed by atoms with Crippen molar-refractivity contribution >= 4 is 23.5 Å². The van der Waals surface area contributed by atoms with Crippen molar-refractivity contribution in [3.8, 4) is 5.75 Å². The van der Waals surface area contributed by atoms with Gasteiger partial charge >= 0.3 is 6.03 Å². The van der Waals surface area contributed by atoms with Gasteiger partial charge in [0, 0.05) is 31.2 Å². The zero-order valence-corrected chi connectivity index (χ0v) is 14.2. The highest BCUT2D eigenvalue weighted by molar-refractivity contribution is 6.30. The summed E-state index contributed by atoms with van der Waals surface area (Å²) in [4.78, 5) is 27.6. The van der Waals surface area contributed by atoms with Crippen molar-refractivity contribution in [1.82, 2.24) is 15.1 Å². The second-order valence-corrected chi connectivity index (χ2v) is 5.92. The Hall–Kier alpha value is -2.67.